The first-order valence-electron chi connectivity index (χ1n) is 9.59. The van der Waals surface area contributed by atoms with Gasteiger partial charge >= 0.3 is 5.97 Å². The first-order valence-corrected chi connectivity index (χ1v) is 12.6. The fourth-order valence-electron chi connectivity index (χ4n) is 3.37. The number of ether oxygens (including phenoxy) is 1. The zero-order valence-electron chi connectivity index (χ0n) is 17.4. The molecule has 2 aromatic carbocycles. The van der Waals surface area contributed by atoms with Crippen molar-refractivity contribution in [2.24, 2.45) is 0 Å². The normalized spacial score (nSPS) is 11.5. The van der Waals surface area contributed by atoms with E-state index in [1.165, 1.54) is 7.11 Å². The summed E-state index contributed by atoms with van der Waals surface area (Å²) in [5, 5.41) is 1.46. The molecule has 0 spiro atoms. The maximum atomic E-state index is 12.6. The van der Waals surface area contributed by atoms with Gasteiger partial charge in [0.25, 0.3) is 0 Å². The standard InChI is InChI=1S/C22H21Cl3N2O4S/c1-31-22(28)17-13-21(14-5-7-15(23)8-6-14)27(20-10-9-16(24)12-18(20)25)19(17)4-3-11-26-32(2,29)30/h5-10,12-13,26H,3-4,11H2,1-2H3. The molecule has 10 heteroatoms. The lowest BCUT2D eigenvalue weighted by Crippen LogP contribution is -2.23. The van der Waals surface area contributed by atoms with E-state index in [0.717, 1.165) is 11.8 Å². The van der Waals surface area contributed by atoms with Gasteiger partial charge in [0.15, 0.2) is 0 Å². The van der Waals surface area contributed by atoms with Crippen LogP contribution in [0.15, 0.2) is 48.5 Å². The van der Waals surface area contributed by atoms with E-state index in [1.807, 2.05) is 16.7 Å². The quantitative estimate of drug-likeness (QED) is 0.323. The zero-order chi connectivity index (χ0) is 23.5. The predicted molar refractivity (Wildman–Crippen MR) is 129 cm³/mol. The molecule has 0 saturated heterocycles. The lowest BCUT2D eigenvalue weighted by atomic mass is 10.1. The molecule has 0 saturated carbocycles. The monoisotopic (exact) mass is 514 g/mol. The molecule has 0 radical (unpaired) electrons. The van der Waals surface area contributed by atoms with E-state index >= 15 is 0 Å². The van der Waals surface area contributed by atoms with Crippen molar-refractivity contribution in [3.05, 3.63) is 74.9 Å². The van der Waals surface area contributed by atoms with E-state index in [0.29, 0.717) is 50.5 Å². The van der Waals surface area contributed by atoms with E-state index in [9.17, 15) is 13.2 Å². The van der Waals surface area contributed by atoms with Crippen LogP contribution in [-0.2, 0) is 21.2 Å². The van der Waals surface area contributed by atoms with Gasteiger partial charge in [-0.25, -0.2) is 17.9 Å². The number of hydrogen-bond donors (Lipinski definition) is 1. The Morgan fingerprint density at radius 3 is 2.28 bits per heavy atom. The van der Waals surface area contributed by atoms with Gasteiger partial charge < -0.3 is 9.30 Å². The molecule has 0 fully saturated rings. The SMILES string of the molecule is COC(=O)c1cc(-c2ccc(Cl)cc2)n(-c2ccc(Cl)cc2Cl)c1CCCNS(C)(=O)=O. The van der Waals surface area contributed by atoms with Crippen LogP contribution in [0.25, 0.3) is 16.9 Å². The second-order valence-electron chi connectivity index (χ2n) is 7.09. The number of halogens is 3. The molecule has 0 aliphatic heterocycles. The molecule has 1 N–H and O–H groups in total. The number of sulfonamides is 1. The zero-order valence-corrected chi connectivity index (χ0v) is 20.4. The molecule has 170 valence electrons. The number of nitrogens with zero attached hydrogens (tertiary/aromatic N) is 1. The van der Waals surface area contributed by atoms with Crippen molar-refractivity contribution in [3.8, 4) is 16.9 Å². The van der Waals surface area contributed by atoms with E-state index in [4.69, 9.17) is 39.5 Å². The van der Waals surface area contributed by atoms with Crippen molar-refractivity contribution < 1.29 is 17.9 Å². The lowest BCUT2D eigenvalue weighted by Gasteiger charge is -2.16. The first-order chi connectivity index (χ1) is 15.1. The summed E-state index contributed by atoms with van der Waals surface area (Å²) in [5.74, 6) is -0.505. The number of esters is 1. The van der Waals surface area contributed by atoms with Crippen LogP contribution < -0.4 is 4.72 Å². The maximum absolute atomic E-state index is 12.6. The highest BCUT2D eigenvalue weighted by atomic mass is 35.5. The molecular formula is C22H21Cl3N2O4S. The Labute approximate surface area is 202 Å². The number of hydrogen-bond acceptors (Lipinski definition) is 4. The molecule has 3 aromatic rings. The van der Waals surface area contributed by atoms with Crippen molar-refractivity contribution in [1.29, 1.82) is 0 Å². The Hall–Kier alpha value is -2.03. The van der Waals surface area contributed by atoms with Crippen molar-refractivity contribution in [2.45, 2.75) is 12.8 Å². The Bertz CT molecular complexity index is 1240. The second-order valence-corrected chi connectivity index (χ2v) is 10.2. The van der Waals surface area contributed by atoms with Crippen LogP contribution in [0.3, 0.4) is 0 Å². The summed E-state index contributed by atoms with van der Waals surface area (Å²) in [5.41, 5.74) is 3.15. The van der Waals surface area contributed by atoms with Crippen LogP contribution in [0.5, 0.6) is 0 Å². The summed E-state index contributed by atoms with van der Waals surface area (Å²) in [6.45, 7) is 0.218. The fraction of sp³-hybridized carbons (Fsp3) is 0.227. The average Bonchev–Trinajstić information content (AvgIpc) is 3.09. The number of methoxy groups -OCH3 is 1. The number of aromatic nitrogens is 1. The molecule has 1 heterocycles. The minimum absolute atomic E-state index is 0.218. The molecule has 3 rings (SSSR count). The average molecular weight is 516 g/mol. The molecule has 32 heavy (non-hydrogen) atoms. The van der Waals surface area contributed by atoms with E-state index in [1.54, 1.807) is 36.4 Å². The summed E-state index contributed by atoms with van der Waals surface area (Å²) < 4.78 is 32.2. The number of carbonyl (C=O) groups excluding carboxylic acids is 1. The van der Waals surface area contributed by atoms with Gasteiger partial charge in [0.2, 0.25) is 10.0 Å². The third kappa shape index (κ3) is 5.85. The van der Waals surface area contributed by atoms with Gasteiger partial charge in [-0.2, -0.15) is 0 Å². The van der Waals surface area contributed by atoms with Crippen molar-refractivity contribution in [1.82, 2.24) is 9.29 Å². The van der Waals surface area contributed by atoms with Gasteiger partial charge in [-0.1, -0.05) is 46.9 Å². The number of nitrogens with one attached hydrogen (secondary N) is 1. The summed E-state index contributed by atoms with van der Waals surface area (Å²) in [7, 11) is -2.01. The Morgan fingerprint density at radius 1 is 1.03 bits per heavy atom. The summed E-state index contributed by atoms with van der Waals surface area (Å²) >= 11 is 18.7. The third-order valence-electron chi connectivity index (χ3n) is 4.75. The predicted octanol–water partition coefficient (Wildman–Crippen LogP) is 5.37. The minimum Gasteiger partial charge on any atom is -0.465 e. The molecule has 0 atom stereocenters. The van der Waals surface area contributed by atoms with Gasteiger partial charge in [-0.05, 0) is 54.8 Å². The van der Waals surface area contributed by atoms with Crippen molar-refractivity contribution in [3.63, 3.8) is 0 Å². The largest absolute Gasteiger partial charge is 0.465 e. The van der Waals surface area contributed by atoms with Crippen LogP contribution in [0.1, 0.15) is 22.5 Å². The second kappa shape index (κ2) is 10.3. The smallest absolute Gasteiger partial charge is 0.339 e. The van der Waals surface area contributed by atoms with E-state index < -0.39 is 16.0 Å². The maximum Gasteiger partial charge on any atom is 0.339 e. The Balaban J connectivity index is 2.19. The molecule has 0 bridgehead atoms. The van der Waals surface area contributed by atoms with Crippen LogP contribution in [-0.4, -0.2) is 38.9 Å². The molecular weight excluding hydrogens is 495 g/mol. The summed E-state index contributed by atoms with van der Waals surface area (Å²) in [6.07, 6.45) is 1.94. The molecule has 1 aromatic heterocycles. The molecule has 0 aliphatic carbocycles. The van der Waals surface area contributed by atoms with Crippen LogP contribution in [0.4, 0.5) is 0 Å². The Morgan fingerprint density at radius 2 is 1.69 bits per heavy atom. The third-order valence-corrected chi connectivity index (χ3v) is 6.27. The van der Waals surface area contributed by atoms with Gasteiger partial charge in [0.05, 0.1) is 35.3 Å². The van der Waals surface area contributed by atoms with Gasteiger partial charge in [-0.3, -0.25) is 0 Å². The topological polar surface area (TPSA) is 77.4 Å². The number of benzene rings is 2. The van der Waals surface area contributed by atoms with Gasteiger partial charge in [0.1, 0.15) is 0 Å². The molecule has 0 unspecified atom stereocenters. The van der Waals surface area contributed by atoms with E-state index in [-0.39, 0.29) is 6.54 Å². The lowest BCUT2D eigenvalue weighted by molar-refractivity contribution is 0.0599. The summed E-state index contributed by atoms with van der Waals surface area (Å²) in [4.78, 5) is 12.6. The van der Waals surface area contributed by atoms with Crippen LogP contribution in [0.2, 0.25) is 15.1 Å². The first kappa shape index (κ1) is 24.6. The molecule has 0 aliphatic rings. The highest BCUT2D eigenvalue weighted by molar-refractivity contribution is 7.88. The minimum atomic E-state index is -3.32. The van der Waals surface area contributed by atoms with Gasteiger partial charge in [-0.15, -0.1) is 0 Å². The fourth-order valence-corrected chi connectivity index (χ4v) is 4.50. The van der Waals surface area contributed by atoms with Crippen LogP contribution >= 0.6 is 34.8 Å². The highest BCUT2D eigenvalue weighted by Gasteiger charge is 2.24. The number of rotatable bonds is 8. The highest BCUT2D eigenvalue weighted by Crippen LogP contribution is 2.35. The van der Waals surface area contributed by atoms with Crippen LogP contribution in [0, 0.1) is 0 Å². The number of carbonyl (C=O) groups is 1. The van der Waals surface area contributed by atoms with Crippen molar-refractivity contribution >= 4 is 50.8 Å². The molecule has 0 amide bonds. The Kier molecular flexibility index (Phi) is 7.90. The summed E-state index contributed by atoms with van der Waals surface area (Å²) in [6, 6.07) is 14.0. The van der Waals surface area contributed by atoms with Crippen molar-refractivity contribution in [2.75, 3.05) is 19.9 Å². The molecule has 6 nitrogen and oxygen atoms in total. The van der Waals surface area contributed by atoms with E-state index in [2.05, 4.69) is 4.72 Å². The van der Waals surface area contributed by atoms with Gasteiger partial charge in [0, 0.05) is 22.3 Å².